The van der Waals surface area contributed by atoms with E-state index in [0.29, 0.717) is 11.5 Å². The van der Waals surface area contributed by atoms with Crippen LogP contribution in [0.5, 0.6) is 0 Å². The Bertz CT molecular complexity index is 350. The van der Waals surface area contributed by atoms with Gasteiger partial charge in [-0.05, 0) is 36.8 Å². The molecule has 0 bridgehead atoms. The summed E-state index contributed by atoms with van der Waals surface area (Å²) in [5, 5.41) is 3.64. The Kier molecular flexibility index (Phi) is 3.07. The van der Waals surface area contributed by atoms with E-state index in [1.807, 2.05) is 0 Å². The molecule has 0 heterocycles. The van der Waals surface area contributed by atoms with Gasteiger partial charge in [0.15, 0.2) is 0 Å². The SMILES string of the molecule is CCNC(c1ccc(C)cc1)C1CC1(C)C. The lowest BCUT2D eigenvalue weighted by Gasteiger charge is -2.20. The van der Waals surface area contributed by atoms with Crippen LogP contribution in [0.25, 0.3) is 0 Å². The fraction of sp³-hybridized carbons (Fsp3) is 0.600. The maximum Gasteiger partial charge on any atom is 0.0353 e. The van der Waals surface area contributed by atoms with Crippen molar-refractivity contribution in [2.24, 2.45) is 11.3 Å². The summed E-state index contributed by atoms with van der Waals surface area (Å²) in [5.74, 6) is 0.801. The topological polar surface area (TPSA) is 12.0 Å². The fourth-order valence-corrected chi connectivity index (χ4v) is 2.56. The Labute approximate surface area is 99.3 Å². The third-order valence-electron chi connectivity index (χ3n) is 3.85. The second kappa shape index (κ2) is 4.21. The van der Waals surface area contributed by atoms with Crippen molar-refractivity contribution in [3.8, 4) is 0 Å². The minimum absolute atomic E-state index is 0.526. The van der Waals surface area contributed by atoms with Gasteiger partial charge in [-0.25, -0.2) is 0 Å². The molecule has 2 atom stereocenters. The summed E-state index contributed by atoms with van der Waals surface area (Å²) in [5.41, 5.74) is 3.31. The maximum absolute atomic E-state index is 3.64. The molecule has 0 saturated heterocycles. The Hall–Kier alpha value is -0.820. The maximum atomic E-state index is 3.64. The summed E-state index contributed by atoms with van der Waals surface area (Å²) < 4.78 is 0. The Morgan fingerprint density at radius 3 is 2.31 bits per heavy atom. The van der Waals surface area contributed by atoms with Gasteiger partial charge in [0, 0.05) is 6.04 Å². The van der Waals surface area contributed by atoms with Crippen molar-refractivity contribution in [3.05, 3.63) is 35.4 Å². The number of nitrogens with one attached hydrogen (secondary N) is 1. The third-order valence-corrected chi connectivity index (χ3v) is 3.85. The van der Waals surface area contributed by atoms with Crippen LogP contribution < -0.4 is 5.32 Å². The van der Waals surface area contributed by atoms with E-state index in [4.69, 9.17) is 0 Å². The molecular weight excluding hydrogens is 194 g/mol. The lowest BCUT2D eigenvalue weighted by atomic mass is 9.96. The van der Waals surface area contributed by atoms with Crippen LogP contribution in [-0.2, 0) is 0 Å². The van der Waals surface area contributed by atoms with E-state index >= 15 is 0 Å². The Morgan fingerprint density at radius 1 is 1.31 bits per heavy atom. The largest absolute Gasteiger partial charge is 0.310 e. The van der Waals surface area contributed by atoms with Crippen LogP contribution in [0.4, 0.5) is 0 Å². The molecule has 0 radical (unpaired) electrons. The van der Waals surface area contributed by atoms with Crippen LogP contribution in [-0.4, -0.2) is 6.54 Å². The summed E-state index contributed by atoms with van der Waals surface area (Å²) in [7, 11) is 0. The standard InChI is InChI=1S/C15H23N/c1-5-16-14(13-10-15(13,3)4)12-8-6-11(2)7-9-12/h6-9,13-14,16H,5,10H2,1-4H3. The summed E-state index contributed by atoms with van der Waals surface area (Å²) in [6, 6.07) is 9.53. The molecule has 1 aromatic carbocycles. The third kappa shape index (κ3) is 2.30. The first-order valence-corrected chi connectivity index (χ1v) is 6.34. The zero-order valence-corrected chi connectivity index (χ0v) is 10.9. The van der Waals surface area contributed by atoms with Crippen molar-refractivity contribution >= 4 is 0 Å². The molecule has 1 aliphatic carbocycles. The Morgan fingerprint density at radius 2 is 1.88 bits per heavy atom. The monoisotopic (exact) mass is 217 g/mol. The molecule has 0 aromatic heterocycles. The number of aryl methyl sites for hydroxylation is 1. The molecule has 16 heavy (non-hydrogen) atoms. The van der Waals surface area contributed by atoms with Gasteiger partial charge in [0.1, 0.15) is 0 Å². The van der Waals surface area contributed by atoms with Gasteiger partial charge in [0.2, 0.25) is 0 Å². The second-order valence-electron chi connectivity index (χ2n) is 5.75. The molecule has 1 aromatic rings. The molecule has 0 aliphatic heterocycles. The normalized spacial score (nSPS) is 24.1. The van der Waals surface area contributed by atoms with Crippen molar-refractivity contribution in [3.63, 3.8) is 0 Å². The lowest BCUT2D eigenvalue weighted by Crippen LogP contribution is -2.24. The van der Waals surface area contributed by atoms with Gasteiger partial charge in [-0.2, -0.15) is 0 Å². The van der Waals surface area contributed by atoms with Gasteiger partial charge < -0.3 is 5.32 Å². The first-order valence-electron chi connectivity index (χ1n) is 6.34. The van der Waals surface area contributed by atoms with Gasteiger partial charge in [-0.15, -0.1) is 0 Å². The van der Waals surface area contributed by atoms with Crippen LogP contribution in [0.3, 0.4) is 0 Å². The number of benzene rings is 1. The molecule has 1 fully saturated rings. The lowest BCUT2D eigenvalue weighted by molar-refractivity contribution is 0.423. The van der Waals surface area contributed by atoms with Crippen LogP contribution in [0, 0.1) is 18.3 Å². The van der Waals surface area contributed by atoms with E-state index in [0.717, 1.165) is 12.5 Å². The zero-order chi connectivity index (χ0) is 11.8. The predicted molar refractivity (Wildman–Crippen MR) is 69.5 cm³/mol. The Balaban J connectivity index is 2.17. The van der Waals surface area contributed by atoms with E-state index in [1.165, 1.54) is 17.5 Å². The summed E-state index contributed by atoms with van der Waals surface area (Å²) >= 11 is 0. The van der Waals surface area contributed by atoms with Gasteiger partial charge in [0.05, 0.1) is 0 Å². The smallest absolute Gasteiger partial charge is 0.0353 e. The molecule has 1 aliphatic rings. The molecule has 0 spiro atoms. The molecular formula is C15H23N. The summed E-state index contributed by atoms with van der Waals surface area (Å²) in [4.78, 5) is 0. The molecule has 1 heteroatoms. The molecule has 1 nitrogen and oxygen atoms in total. The van der Waals surface area contributed by atoms with Crippen molar-refractivity contribution in [1.29, 1.82) is 0 Å². The van der Waals surface area contributed by atoms with E-state index in [-0.39, 0.29) is 0 Å². The molecule has 0 amide bonds. The first kappa shape index (κ1) is 11.7. The number of hydrogen-bond donors (Lipinski definition) is 1. The minimum atomic E-state index is 0.526. The van der Waals surface area contributed by atoms with Crippen molar-refractivity contribution in [1.82, 2.24) is 5.32 Å². The van der Waals surface area contributed by atoms with Crippen LogP contribution in [0.15, 0.2) is 24.3 Å². The highest BCUT2D eigenvalue weighted by molar-refractivity contribution is 5.26. The predicted octanol–water partition coefficient (Wildman–Crippen LogP) is 3.69. The van der Waals surface area contributed by atoms with Crippen molar-refractivity contribution in [2.45, 2.75) is 40.2 Å². The van der Waals surface area contributed by atoms with Crippen LogP contribution >= 0.6 is 0 Å². The zero-order valence-electron chi connectivity index (χ0n) is 10.9. The van der Waals surface area contributed by atoms with E-state index in [9.17, 15) is 0 Å². The highest BCUT2D eigenvalue weighted by Crippen LogP contribution is 2.57. The van der Waals surface area contributed by atoms with E-state index < -0.39 is 0 Å². The van der Waals surface area contributed by atoms with Crippen LogP contribution in [0.1, 0.15) is 44.4 Å². The fourth-order valence-electron chi connectivity index (χ4n) is 2.56. The minimum Gasteiger partial charge on any atom is -0.310 e. The summed E-state index contributed by atoms with van der Waals surface area (Å²) in [6.07, 6.45) is 1.35. The molecule has 2 rings (SSSR count). The van der Waals surface area contributed by atoms with Crippen molar-refractivity contribution in [2.75, 3.05) is 6.54 Å². The first-order chi connectivity index (χ1) is 7.54. The van der Waals surface area contributed by atoms with Gasteiger partial charge in [-0.3, -0.25) is 0 Å². The molecule has 1 N–H and O–H groups in total. The van der Waals surface area contributed by atoms with Gasteiger partial charge >= 0.3 is 0 Å². The average Bonchev–Trinajstić information content (AvgIpc) is 2.86. The molecule has 1 saturated carbocycles. The highest BCUT2D eigenvalue weighted by Gasteiger charge is 2.50. The van der Waals surface area contributed by atoms with E-state index in [1.54, 1.807) is 0 Å². The highest BCUT2D eigenvalue weighted by atomic mass is 14.9. The van der Waals surface area contributed by atoms with E-state index in [2.05, 4.69) is 57.3 Å². The second-order valence-corrected chi connectivity index (χ2v) is 5.75. The van der Waals surface area contributed by atoms with Crippen LogP contribution in [0.2, 0.25) is 0 Å². The van der Waals surface area contributed by atoms with Gasteiger partial charge in [-0.1, -0.05) is 50.6 Å². The van der Waals surface area contributed by atoms with Gasteiger partial charge in [0.25, 0.3) is 0 Å². The number of rotatable bonds is 4. The van der Waals surface area contributed by atoms with Crippen molar-refractivity contribution < 1.29 is 0 Å². The molecule has 88 valence electrons. The number of hydrogen-bond acceptors (Lipinski definition) is 1. The quantitative estimate of drug-likeness (QED) is 0.811. The average molecular weight is 217 g/mol. The molecule has 2 unspecified atom stereocenters. The summed E-state index contributed by atoms with van der Waals surface area (Å²) in [6.45, 7) is 10.1.